The monoisotopic (exact) mass is 378 g/mol. The fourth-order valence-corrected chi connectivity index (χ4v) is 3.53. The van der Waals surface area contributed by atoms with Crippen molar-refractivity contribution in [3.05, 3.63) is 59.7 Å². The molecule has 28 heavy (non-hydrogen) atoms. The number of anilines is 1. The van der Waals surface area contributed by atoms with Crippen LogP contribution in [0, 0.1) is 0 Å². The molecule has 2 atom stereocenters. The van der Waals surface area contributed by atoms with Gasteiger partial charge in [-0.3, -0.25) is 14.6 Å². The zero-order valence-corrected chi connectivity index (χ0v) is 16.1. The summed E-state index contributed by atoms with van der Waals surface area (Å²) in [4.78, 5) is 27.0. The molecule has 7 heteroatoms. The highest BCUT2D eigenvalue weighted by Gasteiger charge is 2.54. The van der Waals surface area contributed by atoms with Gasteiger partial charge in [0.1, 0.15) is 5.75 Å². The number of benzene rings is 2. The molecule has 1 saturated heterocycles. The molecule has 0 aliphatic carbocycles. The maximum absolute atomic E-state index is 13.0. The summed E-state index contributed by atoms with van der Waals surface area (Å²) >= 11 is 0. The molecule has 2 aromatic rings. The number of hydrogen-bond donors (Lipinski definition) is 0. The second-order valence-corrected chi connectivity index (χ2v) is 7.30. The van der Waals surface area contributed by atoms with Gasteiger partial charge in [0, 0.05) is 0 Å². The van der Waals surface area contributed by atoms with Crippen LogP contribution in [0.25, 0.3) is 0 Å². The zero-order valence-electron chi connectivity index (χ0n) is 16.1. The Bertz CT molecular complexity index is 922. The van der Waals surface area contributed by atoms with Gasteiger partial charge >= 0.3 is 0 Å². The molecular weight excluding hydrogens is 356 g/mol. The van der Waals surface area contributed by atoms with Gasteiger partial charge in [-0.25, -0.2) is 4.90 Å². The molecule has 0 bridgehead atoms. The predicted molar refractivity (Wildman–Crippen MR) is 104 cm³/mol. The van der Waals surface area contributed by atoms with Gasteiger partial charge in [-0.15, -0.1) is 0 Å². The summed E-state index contributed by atoms with van der Waals surface area (Å²) < 4.78 is 5.14. The molecule has 0 N–H and O–H groups in total. The van der Waals surface area contributed by atoms with E-state index in [0.29, 0.717) is 23.9 Å². The molecule has 0 aromatic heterocycles. The SMILES string of the molecule is COc1ccc(N2C(=O)C3N=NN(Cc4ccc(C(C)C)cc4)C3C2=O)cc1. The number of hydrogen-bond acceptors (Lipinski definition) is 6. The van der Waals surface area contributed by atoms with E-state index in [1.54, 1.807) is 36.4 Å². The molecule has 4 rings (SSSR count). The van der Waals surface area contributed by atoms with Crippen LogP contribution in [0.2, 0.25) is 0 Å². The van der Waals surface area contributed by atoms with Crippen molar-refractivity contribution in [2.24, 2.45) is 10.3 Å². The molecule has 0 saturated carbocycles. The van der Waals surface area contributed by atoms with Crippen molar-refractivity contribution in [2.45, 2.75) is 38.4 Å². The minimum absolute atomic E-state index is 0.302. The first-order chi connectivity index (χ1) is 13.5. The van der Waals surface area contributed by atoms with Crippen molar-refractivity contribution in [2.75, 3.05) is 12.0 Å². The highest BCUT2D eigenvalue weighted by molar-refractivity contribution is 6.25. The maximum Gasteiger partial charge on any atom is 0.263 e. The number of imide groups is 1. The van der Waals surface area contributed by atoms with Gasteiger partial charge in [-0.05, 0) is 41.3 Å². The van der Waals surface area contributed by atoms with Crippen LogP contribution in [0.3, 0.4) is 0 Å². The first kappa shape index (κ1) is 18.2. The summed E-state index contributed by atoms with van der Waals surface area (Å²) in [5, 5.41) is 9.79. The van der Waals surface area contributed by atoms with E-state index in [1.807, 2.05) is 12.1 Å². The van der Waals surface area contributed by atoms with Gasteiger partial charge in [0.05, 0.1) is 19.3 Å². The van der Waals surface area contributed by atoms with Gasteiger partial charge in [-0.1, -0.05) is 43.3 Å². The van der Waals surface area contributed by atoms with Crippen molar-refractivity contribution in [1.82, 2.24) is 5.01 Å². The lowest BCUT2D eigenvalue weighted by atomic mass is 10.0. The fourth-order valence-electron chi connectivity index (χ4n) is 3.53. The predicted octanol–water partition coefficient (Wildman–Crippen LogP) is 3.31. The van der Waals surface area contributed by atoms with E-state index in [4.69, 9.17) is 4.74 Å². The Balaban J connectivity index is 1.54. The van der Waals surface area contributed by atoms with Crippen LogP contribution in [0.4, 0.5) is 5.69 Å². The average Bonchev–Trinajstić information content (AvgIpc) is 3.22. The normalized spacial score (nSPS) is 21.0. The van der Waals surface area contributed by atoms with E-state index in [2.05, 4.69) is 36.3 Å². The molecule has 144 valence electrons. The van der Waals surface area contributed by atoms with Gasteiger partial charge in [0.25, 0.3) is 11.8 Å². The van der Waals surface area contributed by atoms with Crippen molar-refractivity contribution in [3.63, 3.8) is 0 Å². The third kappa shape index (κ3) is 3.02. The third-order valence-corrected chi connectivity index (χ3v) is 5.18. The summed E-state index contributed by atoms with van der Waals surface area (Å²) in [5.74, 6) is 0.469. The molecule has 2 aliphatic rings. The van der Waals surface area contributed by atoms with Crippen LogP contribution in [0.15, 0.2) is 58.9 Å². The molecule has 2 aromatic carbocycles. The quantitative estimate of drug-likeness (QED) is 0.748. The highest BCUT2D eigenvalue weighted by Crippen LogP contribution is 2.33. The number of carbonyl (C=O) groups excluding carboxylic acids is 2. The van der Waals surface area contributed by atoms with Gasteiger partial charge in [0.2, 0.25) is 0 Å². The maximum atomic E-state index is 13.0. The summed E-state index contributed by atoms with van der Waals surface area (Å²) in [6.07, 6.45) is 0. The fraction of sp³-hybridized carbons (Fsp3) is 0.333. The van der Waals surface area contributed by atoms with Gasteiger partial charge < -0.3 is 4.74 Å². The van der Waals surface area contributed by atoms with Crippen molar-refractivity contribution in [3.8, 4) is 5.75 Å². The Morgan fingerprint density at radius 3 is 2.29 bits per heavy atom. The van der Waals surface area contributed by atoms with Crippen molar-refractivity contribution in [1.29, 1.82) is 0 Å². The molecule has 2 heterocycles. The molecule has 1 fully saturated rings. The second kappa shape index (κ2) is 7.07. The number of amides is 2. The Labute approximate surface area is 163 Å². The summed E-state index contributed by atoms with van der Waals surface area (Å²) in [7, 11) is 1.57. The van der Waals surface area contributed by atoms with Crippen LogP contribution >= 0.6 is 0 Å². The lowest BCUT2D eigenvalue weighted by molar-refractivity contribution is -0.123. The van der Waals surface area contributed by atoms with E-state index in [1.165, 1.54) is 10.5 Å². The number of nitrogens with zero attached hydrogens (tertiary/aromatic N) is 4. The largest absolute Gasteiger partial charge is 0.497 e. The number of rotatable bonds is 5. The summed E-state index contributed by atoms with van der Waals surface area (Å²) in [6.45, 7) is 4.72. The highest BCUT2D eigenvalue weighted by atomic mass is 16.5. The second-order valence-electron chi connectivity index (χ2n) is 7.30. The summed E-state index contributed by atoms with van der Waals surface area (Å²) in [5.41, 5.74) is 2.79. The standard InChI is InChI=1S/C21H22N4O3/c1-13(2)15-6-4-14(5-7-15)12-24-19-18(22-23-24)20(26)25(21(19)27)16-8-10-17(28-3)11-9-16/h4-11,13,18-19H,12H2,1-3H3. The molecule has 2 unspecified atom stereocenters. The first-order valence-corrected chi connectivity index (χ1v) is 9.27. The van der Waals surface area contributed by atoms with Crippen LogP contribution in [0.5, 0.6) is 5.75 Å². The minimum atomic E-state index is -0.787. The molecule has 0 radical (unpaired) electrons. The van der Waals surface area contributed by atoms with E-state index < -0.39 is 12.1 Å². The number of methoxy groups -OCH3 is 1. The number of ether oxygens (including phenoxy) is 1. The van der Waals surface area contributed by atoms with E-state index >= 15 is 0 Å². The van der Waals surface area contributed by atoms with E-state index in [-0.39, 0.29) is 11.8 Å². The molecule has 2 aliphatic heterocycles. The van der Waals surface area contributed by atoms with E-state index in [9.17, 15) is 9.59 Å². The van der Waals surface area contributed by atoms with E-state index in [0.717, 1.165) is 5.56 Å². The average molecular weight is 378 g/mol. The molecule has 0 spiro atoms. The Kier molecular flexibility index (Phi) is 4.58. The lowest BCUT2D eigenvalue weighted by Gasteiger charge is -2.21. The lowest BCUT2D eigenvalue weighted by Crippen LogP contribution is -2.39. The van der Waals surface area contributed by atoms with Gasteiger partial charge in [-0.2, -0.15) is 5.11 Å². The van der Waals surface area contributed by atoms with Crippen LogP contribution in [0.1, 0.15) is 30.9 Å². The first-order valence-electron chi connectivity index (χ1n) is 9.27. The number of carbonyl (C=O) groups is 2. The van der Waals surface area contributed by atoms with Crippen molar-refractivity contribution < 1.29 is 14.3 Å². The molecule has 2 amide bonds. The Morgan fingerprint density at radius 1 is 1.00 bits per heavy atom. The zero-order chi connectivity index (χ0) is 19.8. The minimum Gasteiger partial charge on any atom is -0.497 e. The molecular formula is C21H22N4O3. The smallest absolute Gasteiger partial charge is 0.263 e. The summed E-state index contributed by atoms with van der Waals surface area (Å²) in [6, 6.07) is 13.6. The third-order valence-electron chi connectivity index (χ3n) is 5.18. The molecule has 7 nitrogen and oxygen atoms in total. The van der Waals surface area contributed by atoms with Crippen molar-refractivity contribution >= 4 is 17.5 Å². The van der Waals surface area contributed by atoms with Crippen LogP contribution in [-0.4, -0.2) is 36.0 Å². The van der Waals surface area contributed by atoms with Crippen LogP contribution < -0.4 is 9.64 Å². The Morgan fingerprint density at radius 2 is 1.68 bits per heavy atom. The number of fused-ring (bicyclic) bond motifs is 1. The van der Waals surface area contributed by atoms with Gasteiger partial charge in [0.15, 0.2) is 12.1 Å². The topological polar surface area (TPSA) is 74.6 Å². The van der Waals surface area contributed by atoms with Crippen LogP contribution in [-0.2, 0) is 16.1 Å². The Hall–Kier alpha value is -3.22.